The summed E-state index contributed by atoms with van der Waals surface area (Å²) in [5.41, 5.74) is 1.44. The van der Waals surface area contributed by atoms with Crippen molar-refractivity contribution < 1.29 is 8.83 Å². The zero-order valence-electron chi connectivity index (χ0n) is 13.8. The Hall–Kier alpha value is -2.35. The van der Waals surface area contributed by atoms with Crippen LogP contribution in [0.2, 0.25) is 0 Å². The van der Waals surface area contributed by atoms with Gasteiger partial charge in [0.05, 0.1) is 11.3 Å². The minimum Gasteiger partial charge on any atom is -0.466 e. The summed E-state index contributed by atoms with van der Waals surface area (Å²) in [6.45, 7) is 5.78. The molecule has 3 rings (SSSR count). The van der Waals surface area contributed by atoms with Crippen LogP contribution >= 0.6 is 11.8 Å². The van der Waals surface area contributed by atoms with Gasteiger partial charge in [0.15, 0.2) is 5.16 Å². The molecule has 0 radical (unpaired) electrons. The van der Waals surface area contributed by atoms with E-state index in [1.54, 1.807) is 0 Å². The maximum Gasteiger partial charge on any atom is 0.251 e. The zero-order valence-corrected chi connectivity index (χ0v) is 14.6. The summed E-state index contributed by atoms with van der Waals surface area (Å²) in [4.78, 5) is 18.8. The van der Waals surface area contributed by atoms with Gasteiger partial charge >= 0.3 is 0 Å². The fraction of sp³-hybridized carbons (Fsp3) is 0.375. The van der Waals surface area contributed by atoms with Crippen LogP contribution in [0.3, 0.4) is 0 Å². The summed E-state index contributed by atoms with van der Waals surface area (Å²) in [6, 6.07) is 3.40. The topological polar surface area (TPSA) is 97.8 Å². The lowest BCUT2D eigenvalue weighted by molar-refractivity contribution is 0.499. The zero-order chi connectivity index (χ0) is 17.1. The van der Waals surface area contributed by atoms with Crippen LogP contribution in [0, 0.1) is 13.8 Å². The van der Waals surface area contributed by atoms with E-state index in [9.17, 15) is 4.79 Å². The molecule has 0 aliphatic carbocycles. The van der Waals surface area contributed by atoms with Crippen LogP contribution in [0.15, 0.2) is 30.9 Å². The van der Waals surface area contributed by atoms with Crippen LogP contribution in [-0.2, 0) is 12.2 Å². The van der Waals surface area contributed by atoms with E-state index in [4.69, 9.17) is 8.83 Å². The van der Waals surface area contributed by atoms with E-state index in [0.29, 0.717) is 22.7 Å². The fourth-order valence-electron chi connectivity index (χ4n) is 2.33. The van der Waals surface area contributed by atoms with Crippen molar-refractivity contribution in [3.05, 3.63) is 45.6 Å². The molecule has 0 aliphatic rings. The summed E-state index contributed by atoms with van der Waals surface area (Å²) < 4.78 is 11.1. The third-order valence-electron chi connectivity index (χ3n) is 3.35. The quantitative estimate of drug-likeness (QED) is 0.540. The Balaban J connectivity index is 1.72. The van der Waals surface area contributed by atoms with Gasteiger partial charge in [0.25, 0.3) is 11.4 Å². The first-order valence-corrected chi connectivity index (χ1v) is 8.66. The summed E-state index contributed by atoms with van der Waals surface area (Å²) >= 11 is 1.36. The predicted octanol–water partition coefficient (Wildman–Crippen LogP) is 3.27. The lowest BCUT2D eigenvalue weighted by Gasteiger charge is -2.01. The Morgan fingerprint density at radius 3 is 2.75 bits per heavy atom. The Morgan fingerprint density at radius 1 is 1.21 bits per heavy atom. The minimum absolute atomic E-state index is 0.147. The third kappa shape index (κ3) is 3.76. The van der Waals surface area contributed by atoms with Gasteiger partial charge in [-0.2, -0.15) is 0 Å². The highest BCUT2D eigenvalue weighted by Crippen LogP contribution is 2.26. The van der Waals surface area contributed by atoms with E-state index in [1.807, 2.05) is 19.9 Å². The fourth-order valence-corrected chi connectivity index (χ4v) is 3.06. The van der Waals surface area contributed by atoms with E-state index in [0.717, 1.165) is 35.6 Å². The molecule has 8 heteroatoms. The van der Waals surface area contributed by atoms with Crippen LogP contribution < -0.4 is 5.56 Å². The molecule has 24 heavy (non-hydrogen) atoms. The maximum absolute atomic E-state index is 11.7. The second-order valence-corrected chi connectivity index (χ2v) is 6.37. The molecule has 0 saturated heterocycles. The second-order valence-electron chi connectivity index (χ2n) is 5.41. The number of aromatic nitrogens is 4. The Bertz CT molecular complexity index is 897. The summed E-state index contributed by atoms with van der Waals surface area (Å²) in [5, 5.41) is 8.65. The van der Waals surface area contributed by atoms with Crippen molar-refractivity contribution in [2.24, 2.45) is 0 Å². The number of aryl methyl sites for hydroxylation is 3. The number of nitrogens with zero attached hydrogens (tertiary/aromatic N) is 3. The molecule has 0 spiro atoms. The van der Waals surface area contributed by atoms with Gasteiger partial charge in [0.2, 0.25) is 5.89 Å². The second kappa shape index (κ2) is 7.04. The first-order valence-electron chi connectivity index (χ1n) is 7.68. The van der Waals surface area contributed by atoms with Crippen molar-refractivity contribution in [3.8, 4) is 11.5 Å². The maximum atomic E-state index is 11.7. The molecule has 3 heterocycles. The van der Waals surface area contributed by atoms with E-state index in [2.05, 4.69) is 27.1 Å². The molecule has 0 unspecified atom stereocenters. The third-order valence-corrected chi connectivity index (χ3v) is 4.21. The average molecular weight is 346 g/mol. The monoisotopic (exact) mass is 346 g/mol. The molecule has 1 N–H and O–H groups in total. The van der Waals surface area contributed by atoms with Crippen LogP contribution in [0.25, 0.3) is 11.5 Å². The van der Waals surface area contributed by atoms with Crippen LogP contribution in [0.5, 0.6) is 0 Å². The number of H-pyrrole nitrogens is 1. The largest absolute Gasteiger partial charge is 0.466 e. The van der Waals surface area contributed by atoms with E-state index in [-0.39, 0.29) is 5.56 Å². The molecule has 0 aromatic carbocycles. The molecule has 126 valence electrons. The highest BCUT2D eigenvalue weighted by Gasteiger charge is 2.15. The van der Waals surface area contributed by atoms with Gasteiger partial charge in [-0.05, 0) is 26.3 Å². The lowest BCUT2D eigenvalue weighted by Crippen LogP contribution is -2.09. The number of furan rings is 1. The molecular formula is C16H18N4O3S. The molecule has 0 bridgehead atoms. The molecule has 0 aliphatic heterocycles. The molecule has 3 aromatic rings. The van der Waals surface area contributed by atoms with Crippen molar-refractivity contribution in [2.45, 2.75) is 44.5 Å². The van der Waals surface area contributed by atoms with E-state index < -0.39 is 0 Å². The molecular weight excluding hydrogens is 328 g/mol. The number of thioether (sulfide) groups is 1. The van der Waals surface area contributed by atoms with Crippen molar-refractivity contribution in [1.29, 1.82) is 0 Å². The van der Waals surface area contributed by atoms with Gasteiger partial charge in [-0.1, -0.05) is 25.1 Å². The normalized spacial score (nSPS) is 11.1. The number of hydrogen-bond acceptors (Lipinski definition) is 7. The van der Waals surface area contributed by atoms with Crippen molar-refractivity contribution in [2.75, 3.05) is 0 Å². The minimum atomic E-state index is -0.147. The number of aromatic amines is 1. The van der Waals surface area contributed by atoms with Gasteiger partial charge in [-0.3, -0.25) is 4.79 Å². The molecule has 7 nitrogen and oxygen atoms in total. The molecule has 3 aromatic heterocycles. The smallest absolute Gasteiger partial charge is 0.251 e. The number of hydrogen-bond donors (Lipinski definition) is 1. The highest BCUT2D eigenvalue weighted by atomic mass is 32.2. The highest BCUT2D eigenvalue weighted by molar-refractivity contribution is 7.98. The Kier molecular flexibility index (Phi) is 4.84. The molecule has 0 amide bonds. The van der Waals surface area contributed by atoms with Gasteiger partial charge in [0.1, 0.15) is 11.5 Å². The standard InChI is InChI=1S/C16H18N4O3S/c1-4-5-11-7-13(21)18-16(17-11)24-8-14-19-20-15(23-14)12-6-9(2)22-10(12)3/h6-7H,4-5,8H2,1-3H3,(H,17,18,21). The van der Waals surface area contributed by atoms with Gasteiger partial charge in [-0.15, -0.1) is 10.2 Å². The summed E-state index contributed by atoms with van der Waals surface area (Å²) in [6.07, 6.45) is 1.72. The first kappa shape index (κ1) is 16.5. The predicted molar refractivity (Wildman–Crippen MR) is 89.9 cm³/mol. The van der Waals surface area contributed by atoms with Crippen LogP contribution in [0.4, 0.5) is 0 Å². The van der Waals surface area contributed by atoms with E-state index in [1.165, 1.54) is 17.8 Å². The number of nitrogens with one attached hydrogen (secondary N) is 1. The Labute approximate surface area is 142 Å². The lowest BCUT2D eigenvalue weighted by atomic mass is 10.2. The van der Waals surface area contributed by atoms with Crippen molar-refractivity contribution in [3.63, 3.8) is 0 Å². The summed E-state index contributed by atoms with van der Waals surface area (Å²) in [5.74, 6) is 2.87. The Morgan fingerprint density at radius 2 is 2.04 bits per heavy atom. The average Bonchev–Trinajstić information content (AvgIpc) is 3.11. The van der Waals surface area contributed by atoms with Gasteiger partial charge < -0.3 is 13.8 Å². The summed E-state index contributed by atoms with van der Waals surface area (Å²) in [7, 11) is 0. The first-order chi connectivity index (χ1) is 11.5. The number of rotatable bonds is 6. The molecule has 0 fully saturated rings. The van der Waals surface area contributed by atoms with Gasteiger partial charge in [-0.25, -0.2) is 4.98 Å². The van der Waals surface area contributed by atoms with Crippen molar-refractivity contribution >= 4 is 11.8 Å². The van der Waals surface area contributed by atoms with Crippen LogP contribution in [-0.4, -0.2) is 20.2 Å². The van der Waals surface area contributed by atoms with Crippen LogP contribution in [0.1, 0.15) is 36.4 Å². The SMILES string of the molecule is CCCc1cc(=O)[nH]c(SCc2nnc(-c3cc(C)oc3C)o2)n1. The molecule has 0 saturated carbocycles. The molecule has 0 atom stereocenters. The van der Waals surface area contributed by atoms with E-state index >= 15 is 0 Å². The van der Waals surface area contributed by atoms with Gasteiger partial charge in [0, 0.05) is 11.8 Å². The van der Waals surface area contributed by atoms with Crippen molar-refractivity contribution in [1.82, 2.24) is 20.2 Å².